The van der Waals surface area contributed by atoms with Crippen molar-refractivity contribution in [2.24, 2.45) is 0 Å². The van der Waals surface area contributed by atoms with Crippen LogP contribution in [0.1, 0.15) is 6.42 Å². The molecule has 5 rings (SSSR count). The summed E-state index contributed by atoms with van der Waals surface area (Å²) in [5.74, 6) is 0.716. The molecule has 2 aliphatic rings. The zero-order chi connectivity index (χ0) is 23.1. The predicted octanol–water partition coefficient (Wildman–Crippen LogP) is 2.02. The molecule has 33 heavy (non-hydrogen) atoms. The van der Waals surface area contributed by atoms with Gasteiger partial charge in [-0.2, -0.15) is 9.61 Å². The average molecular weight is 461 g/mol. The second-order valence-corrected chi connectivity index (χ2v) is 7.67. The normalized spacial score (nSPS) is 20.9. The van der Waals surface area contributed by atoms with Crippen molar-refractivity contribution in [3.05, 3.63) is 30.2 Å². The highest BCUT2D eigenvalue weighted by molar-refractivity contribution is 5.93. The molecule has 11 nitrogen and oxygen atoms in total. The summed E-state index contributed by atoms with van der Waals surface area (Å²) < 4.78 is 40.0. The molecule has 0 saturated heterocycles. The number of alkyl halides is 1. The maximum Gasteiger partial charge on any atom is 0.319 e. The molecule has 0 radical (unpaired) electrons. The van der Waals surface area contributed by atoms with Gasteiger partial charge in [-0.15, -0.1) is 0 Å². The lowest BCUT2D eigenvalue weighted by molar-refractivity contribution is 0.0458. The number of ether oxygens (including phenoxy) is 2. The number of carbonyl (C=O) groups excluding carboxylic acids is 1. The molecule has 3 aromatic rings. The van der Waals surface area contributed by atoms with Crippen molar-refractivity contribution in [3.8, 4) is 11.5 Å². The molecule has 0 spiro atoms. The lowest BCUT2D eigenvalue weighted by Crippen LogP contribution is -2.32. The van der Waals surface area contributed by atoms with E-state index in [4.69, 9.17) is 9.47 Å². The zero-order valence-electron chi connectivity index (χ0n) is 17.4. The highest BCUT2D eigenvalue weighted by Gasteiger charge is 2.38. The van der Waals surface area contributed by atoms with E-state index < -0.39 is 30.2 Å². The van der Waals surface area contributed by atoms with Gasteiger partial charge in [-0.25, -0.2) is 18.6 Å². The van der Waals surface area contributed by atoms with Gasteiger partial charge in [0.2, 0.25) is 0 Å². The molecule has 1 fully saturated rings. The van der Waals surface area contributed by atoms with E-state index in [9.17, 15) is 18.7 Å². The van der Waals surface area contributed by atoms with Gasteiger partial charge < -0.3 is 35.8 Å². The van der Waals surface area contributed by atoms with Crippen LogP contribution in [0, 0.1) is 5.82 Å². The summed E-state index contributed by atoms with van der Waals surface area (Å²) in [5, 5.41) is 24.7. The molecule has 3 heterocycles. The van der Waals surface area contributed by atoms with Crippen LogP contribution in [0.25, 0.3) is 5.65 Å². The number of anilines is 4. The van der Waals surface area contributed by atoms with Gasteiger partial charge in [0.1, 0.15) is 35.9 Å². The molecule has 5 N–H and O–H groups in total. The lowest BCUT2D eigenvalue weighted by atomic mass is 10.2. The van der Waals surface area contributed by atoms with Gasteiger partial charge in [0.05, 0.1) is 24.5 Å². The number of benzene rings is 1. The van der Waals surface area contributed by atoms with Crippen LogP contribution in [0.2, 0.25) is 0 Å². The topological polar surface area (TPSA) is 134 Å². The third kappa shape index (κ3) is 4.14. The summed E-state index contributed by atoms with van der Waals surface area (Å²) in [7, 11) is 1.69. The van der Waals surface area contributed by atoms with Crippen LogP contribution in [0.4, 0.5) is 36.6 Å². The number of fused-ring (bicyclic) bond motifs is 2. The number of amides is 2. The van der Waals surface area contributed by atoms with E-state index in [-0.39, 0.29) is 30.4 Å². The standard InChI is InChI=1S/C20H21F2N7O4/c1-23-17-5-16(25-13-2-9(21)3-15-18(13)32-8-10(7-30)33-15)28-19-14(6-24-29(17)19)27-20(31)26-12-4-11(12)22/h2-3,5-6,10-12,23,30H,4,7-8H2,1H3,(H,25,28)(H2,26,27,31)/t10?,11-,12+/m0/s1. The summed E-state index contributed by atoms with van der Waals surface area (Å²) >= 11 is 0. The Balaban J connectivity index is 1.45. The molecule has 1 aliphatic heterocycles. The zero-order valence-corrected chi connectivity index (χ0v) is 17.4. The van der Waals surface area contributed by atoms with Crippen LogP contribution < -0.4 is 30.7 Å². The molecule has 2 aromatic heterocycles. The molecule has 1 aliphatic carbocycles. The quantitative estimate of drug-likeness (QED) is 0.377. The van der Waals surface area contributed by atoms with E-state index in [1.54, 1.807) is 13.1 Å². The molecule has 2 amide bonds. The van der Waals surface area contributed by atoms with Crippen molar-refractivity contribution < 1.29 is 28.2 Å². The fourth-order valence-electron chi connectivity index (χ4n) is 3.45. The second kappa shape index (κ2) is 8.24. The third-order valence-corrected chi connectivity index (χ3v) is 5.20. The number of urea groups is 1. The molecular formula is C20H21F2N7O4. The smallest absolute Gasteiger partial charge is 0.319 e. The van der Waals surface area contributed by atoms with E-state index in [1.807, 2.05) is 0 Å². The summed E-state index contributed by atoms with van der Waals surface area (Å²) in [6.45, 7) is -0.162. The number of nitrogens with zero attached hydrogens (tertiary/aromatic N) is 3. The maximum atomic E-state index is 14.2. The number of rotatable bonds is 6. The van der Waals surface area contributed by atoms with Crippen LogP contribution in [-0.2, 0) is 0 Å². The Labute approximate surface area is 186 Å². The van der Waals surface area contributed by atoms with Gasteiger partial charge in [-0.3, -0.25) is 0 Å². The summed E-state index contributed by atoms with van der Waals surface area (Å²) in [6, 6.07) is 3.00. The molecule has 1 saturated carbocycles. The SMILES string of the molecule is CNc1cc(Nc2cc(F)cc3c2OCC(CO)O3)nc2c(NC(=O)N[C@@H]3C[C@@H]3F)cnn12. The number of hydrogen-bond acceptors (Lipinski definition) is 8. The van der Waals surface area contributed by atoms with Crippen LogP contribution in [0.5, 0.6) is 11.5 Å². The van der Waals surface area contributed by atoms with Crippen LogP contribution in [-0.4, -0.2) is 64.3 Å². The minimum Gasteiger partial charge on any atom is -0.484 e. The van der Waals surface area contributed by atoms with E-state index in [2.05, 4.69) is 31.3 Å². The van der Waals surface area contributed by atoms with Crippen molar-refractivity contribution in [2.45, 2.75) is 24.7 Å². The molecule has 13 heteroatoms. The van der Waals surface area contributed by atoms with Crippen molar-refractivity contribution in [3.63, 3.8) is 0 Å². The first-order chi connectivity index (χ1) is 15.9. The fourth-order valence-corrected chi connectivity index (χ4v) is 3.45. The number of aromatic nitrogens is 3. The van der Waals surface area contributed by atoms with Gasteiger partial charge in [0.25, 0.3) is 0 Å². The Kier molecular flexibility index (Phi) is 5.24. The molecular weight excluding hydrogens is 440 g/mol. The Hall–Kier alpha value is -3.87. The molecule has 174 valence electrons. The third-order valence-electron chi connectivity index (χ3n) is 5.20. The lowest BCUT2D eigenvalue weighted by Gasteiger charge is -2.27. The van der Waals surface area contributed by atoms with E-state index in [0.717, 1.165) is 0 Å². The number of carbonyl (C=O) groups is 1. The minimum absolute atomic E-state index is 0.102. The first-order valence-corrected chi connectivity index (χ1v) is 10.2. The Morgan fingerprint density at radius 3 is 2.88 bits per heavy atom. The fraction of sp³-hybridized carbons (Fsp3) is 0.350. The van der Waals surface area contributed by atoms with Crippen LogP contribution in [0.3, 0.4) is 0 Å². The summed E-state index contributed by atoms with van der Waals surface area (Å²) in [4.78, 5) is 16.6. The van der Waals surface area contributed by atoms with Crippen molar-refractivity contribution in [2.75, 3.05) is 36.2 Å². The Morgan fingerprint density at radius 1 is 1.33 bits per heavy atom. The molecule has 3 atom stereocenters. The highest BCUT2D eigenvalue weighted by Crippen LogP contribution is 2.41. The molecule has 1 unspecified atom stereocenters. The van der Waals surface area contributed by atoms with Crippen LogP contribution >= 0.6 is 0 Å². The van der Waals surface area contributed by atoms with Gasteiger partial charge in [0, 0.05) is 31.7 Å². The number of aliphatic hydroxyl groups excluding tert-OH is 1. The number of hydrogen-bond donors (Lipinski definition) is 5. The first-order valence-electron chi connectivity index (χ1n) is 10.2. The van der Waals surface area contributed by atoms with Crippen molar-refractivity contribution in [1.29, 1.82) is 0 Å². The number of nitrogens with one attached hydrogen (secondary N) is 4. The van der Waals surface area contributed by atoms with Crippen LogP contribution in [0.15, 0.2) is 24.4 Å². The first kappa shape index (κ1) is 21.0. The Bertz CT molecular complexity index is 1220. The summed E-state index contributed by atoms with van der Waals surface area (Å²) in [6.07, 6.45) is 0.0942. The monoisotopic (exact) mass is 461 g/mol. The van der Waals surface area contributed by atoms with E-state index >= 15 is 0 Å². The van der Waals surface area contributed by atoms with Crippen molar-refractivity contribution >= 4 is 34.7 Å². The van der Waals surface area contributed by atoms with E-state index in [0.29, 0.717) is 29.4 Å². The largest absolute Gasteiger partial charge is 0.484 e. The van der Waals surface area contributed by atoms with Gasteiger partial charge in [0.15, 0.2) is 23.3 Å². The van der Waals surface area contributed by atoms with Gasteiger partial charge in [-0.05, 0) is 0 Å². The number of aliphatic hydroxyl groups is 1. The van der Waals surface area contributed by atoms with Crippen molar-refractivity contribution in [1.82, 2.24) is 19.9 Å². The minimum atomic E-state index is -1.03. The average Bonchev–Trinajstić information content (AvgIpc) is 3.34. The Morgan fingerprint density at radius 2 is 2.15 bits per heavy atom. The van der Waals surface area contributed by atoms with Gasteiger partial charge in [-0.1, -0.05) is 0 Å². The highest BCUT2D eigenvalue weighted by atomic mass is 19.1. The molecule has 0 bridgehead atoms. The number of halogens is 2. The summed E-state index contributed by atoms with van der Waals surface area (Å²) in [5.41, 5.74) is 0.875. The molecule has 1 aromatic carbocycles. The predicted molar refractivity (Wildman–Crippen MR) is 115 cm³/mol. The van der Waals surface area contributed by atoms with E-state index in [1.165, 1.54) is 22.8 Å². The van der Waals surface area contributed by atoms with Gasteiger partial charge >= 0.3 is 6.03 Å². The second-order valence-electron chi connectivity index (χ2n) is 7.67. The maximum absolute atomic E-state index is 14.2.